The average molecular weight is 286 g/mol. The van der Waals surface area contributed by atoms with Crippen molar-refractivity contribution >= 4 is 17.7 Å². The molecule has 1 aromatic rings. The van der Waals surface area contributed by atoms with E-state index in [4.69, 9.17) is 5.11 Å². The van der Waals surface area contributed by atoms with Gasteiger partial charge in [-0.1, -0.05) is 19.8 Å². The molecule has 0 heterocycles. The van der Waals surface area contributed by atoms with Gasteiger partial charge in [-0.3, -0.25) is 0 Å². The van der Waals surface area contributed by atoms with Gasteiger partial charge in [0.15, 0.2) is 0 Å². The van der Waals surface area contributed by atoms with Crippen molar-refractivity contribution in [2.24, 2.45) is 0 Å². The lowest BCUT2D eigenvalue weighted by molar-refractivity contribution is -0.139. The number of carbonyl (C=O) groups is 2. The van der Waals surface area contributed by atoms with Gasteiger partial charge in [0, 0.05) is 6.07 Å². The molecule has 0 saturated heterocycles. The first-order valence-corrected chi connectivity index (χ1v) is 6.19. The van der Waals surface area contributed by atoms with Gasteiger partial charge in [0.05, 0.1) is 5.69 Å². The highest BCUT2D eigenvalue weighted by Gasteiger charge is 2.19. The molecule has 0 bridgehead atoms. The van der Waals surface area contributed by atoms with Crippen LogP contribution in [0.3, 0.4) is 0 Å². The van der Waals surface area contributed by atoms with E-state index >= 15 is 0 Å². The van der Waals surface area contributed by atoms with E-state index in [2.05, 4.69) is 10.6 Å². The number of aliphatic carboxylic acids is 1. The number of rotatable bonds is 6. The first-order chi connectivity index (χ1) is 9.43. The molecule has 0 radical (unpaired) electrons. The molecule has 0 aliphatic rings. The van der Waals surface area contributed by atoms with Crippen molar-refractivity contribution < 1.29 is 23.5 Å². The van der Waals surface area contributed by atoms with Crippen LogP contribution >= 0.6 is 0 Å². The fourth-order valence-corrected chi connectivity index (χ4v) is 1.57. The Bertz CT molecular complexity index is 495. The monoisotopic (exact) mass is 286 g/mol. The van der Waals surface area contributed by atoms with Gasteiger partial charge >= 0.3 is 12.0 Å². The number of carboxylic acid groups (broad SMARTS) is 1. The number of halogens is 2. The van der Waals surface area contributed by atoms with Crippen LogP contribution in [0.1, 0.15) is 26.2 Å². The molecular weight excluding hydrogens is 270 g/mol. The predicted molar refractivity (Wildman–Crippen MR) is 69.5 cm³/mol. The summed E-state index contributed by atoms with van der Waals surface area (Å²) in [6.07, 6.45) is 1.72. The van der Waals surface area contributed by atoms with Gasteiger partial charge in [0.25, 0.3) is 0 Å². The minimum atomic E-state index is -1.16. The number of benzene rings is 1. The molecule has 1 atom stereocenters. The molecule has 1 unspecified atom stereocenters. The van der Waals surface area contributed by atoms with E-state index in [1.165, 1.54) is 0 Å². The van der Waals surface area contributed by atoms with Gasteiger partial charge in [0.2, 0.25) is 0 Å². The first-order valence-electron chi connectivity index (χ1n) is 6.19. The van der Waals surface area contributed by atoms with E-state index in [9.17, 15) is 18.4 Å². The number of urea groups is 1. The summed E-state index contributed by atoms with van der Waals surface area (Å²) in [5.41, 5.74) is -0.219. The van der Waals surface area contributed by atoms with E-state index in [1.807, 2.05) is 6.92 Å². The zero-order valence-electron chi connectivity index (χ0n) is 11.0. The quantitative estimate of drug-likeness (QED) is 0.752. The molecule has 0 spiro atoms. The Morgan fingerprint density at radius 2 is 2.05 bits per heavy atom. The van der Waals surface area contributed by atoms with Gasteiger partial charge in [-0.15, -0.1) is 0 Å². The molecule has 110 valence electrons. The molecular formula is C13H16F2N2O3. The van der Waals surface area contributed by atoms with Crippen molar-refractivity contribution in [3.63, 3.8) is 0 Å². The normalized spacial score (nSPS) is 11.8. The molecule has 0 fully saturated rings. The van der Waals surface area contributed by atoms with Crippen molar-refractivity contribution in [1.29, 1.82) is 0 Å². The molecule has 5 nitrogen and oxygen atoms in total. The zero-order chi connectivity index (χ0) is 15.1. The highest BCUT2D eigenvalue weighted by atomic mass is 19.1. The Morgan fingerprint density at radius 1 is 1.35 bits per heavy atom. The third-order valence-electron chi connectivity index (χ3n) is 2.63. The van der Waals surface area contributed by atoms with Crippen LogP contribution in [0.4, 0.5) is 19.3 Å². The van der Waals surface area contributed by atoms with Crippen LogP contribution in [0.5, 0.6) is 0 Å². The number of nitrogens with one attached hydrogen (secondary N) is 2. The Kier molecular flexibility index (Phi) is 5.89. The summed E-state index contributed by atoms with van der Waals surface area (Å²) in [4.78, 5) is 22.5. The molecule has 1 rings (SSSR count). The number of hydrogen-bond acceptors (Lipinski definition) is 2. The third kappa shape index (κ3) is 4.83. The highest BCUT2D eigenvalue weighted by molar-refractivity contribution is 5.92. The van der Waals surface area contributed by atoms with Gasteiger partial charge in [-0.05, 0) is 18.6 Å². The fourth-order valence-electron chi connectivity index (χ4n) is 1.57. The zero-order valence-corrected chi connectivity index (χ0v) is 11.0. The number of unbranched alkanes of at least 4 members (excludes halogenated alkanes) is 1. The Balaban J connectivity index is 2.63. The highest BCUT2D eigenvalue weighted by Crippen LogP contribution is 2.14. The van der Waals surface area contributed by atoms with Crippen LogP contribution in [0, 0.1) is 11.6 Å². The first kappa shape index (κ1) is 15.9. The largest absolute Gasteiger partial charge is 0.480 e. The van der Waals surface area contributed by atoms with Crippen LogP contribution in [0.25, 0.3) is 0 Å². The number of carboxylic acids is 1. The number of amides is 2. The fraction of sp³-hybridized carbons (Fsp3) is 0.385. The van der Waals surface area contributed by atoms with Gasteiger partial charge in [0.1, 0.15) is 17.7 Å². The molecule has 2 amide bonds. The summed E-state index contributed by atoms with van der Waals surface area (Å²) in [6, 6.07) is 0.787. The molecule has 0 aliphatic heterocycles. The van der Waals surface area contributed by atoms with E-state index in [0.29, 0.717) is 12.5 Å². The third-order valence-corrected chi connectivity index (χ3v) is 2.63. The lowest BCUT2D eigenvalue weighted by atomic mass is 10.1. The lowest BCUT2D eigenvalue weighted by Gasteiger charge is -2.15. The van der Waals surface area contributed by atoms with Crippen LogP contribution in [-0.4, -0.2) is 23.1 Å². The summed E-state index contributed by atoms with van der Waals surface area (Å²) in [5.74, 6) is -2.85. The number of hydrogen-bond donors (Lipinski definition) is 3. The second-order valence-corrected chi connectivity index (χ2v) is 4.26. The van der Waals surface area contributed by atoms with Crippen LogP contribution < -0.4 is 10.6 Å². The summed E-state index contributed by atoms with van der Waals surface area (Å²) < 4.78 is 26.0. The second-order valence-electron chi connectivity index (χ2n) is 4.26. The number of anilines is 1. The lowest BCUT2D eigenvalue weighted by Crippen LogP contribution is -2.43. The molecule has 1 aromatic carbocycles. The minimum Gasteiger partial charge on any atom is -0.480 e. The Labute approximate surface area is 115 Å². The van der Waals surface area contributed by atoms with Gasteiger partial charge < -0.3 is 15.7 Å². The van der Waals surface area contributed by atoms with Crippen molar-refractivity contribution in [1.82, 2.24) is 5.32 Å². The molecule has 20 heavy (non-hydrogen) atoms. The molecule has 0 saturated carbocycles. The summed E-state index contributed by atoms with van der Waals surface area (Å²) in [6.45, 7) is 1.90. The number of carbonyl (C=O) groups excluding carboxylic acids is 1. The predicted octanol–water partition coefficient (Wildman–Crippen LogP) is 2.73. The van der Waals surface area contributed by atoms with Crippen LogP contribution in [-0.2, 0) is 4.79 Å². The Hall–Kier alpha value is -2.18. The second kappa shape index (κ2) is 7.42. The van der Waals surface area contributed by atoms with E-state index in [1.54, 1.807) is 0 Å². The van der Waals surface area contributed by atoms with E-state index in [-0.39, 0.29) is 12.1 Å². The van der Waals surface area contributed by atoms with Crippen molar-refractivity contribution in [3.8, 4) is 0 Å². The molecule has 7 heteroatoms. The van der Waals surface area contributed by atoms with Gasteiger partial charge in [-0.25, -0.2) is 18.4 Å². The summed E-state index contributed by atoms with van der Waals surface area (Å²) in [5, 5.41) is 13.3. The average Bonchev–Trinajstić information content (AvgIpc) is 2.37. The smallest absolute Gasteiger partial charge is 0.326 e. The van der Waals surface area contributed by atoms with Crippen LogP contribution in [0.15, 0.2) is 18.2 Å². The Morgan fingerprint density at radius 3 is 2.60 bits per heavy atom. The van der Waals surface area contributed by atoms with Gasteiger partial charge in [-0.2, -0.15) is 0 Å². The maximum atomic E-state index is 13.3. The minimum absolute atomic E-state index is 0.219. The van der Waals surface area contributed by atoms with Crippen molar-refractivity contribution in [2.75, 3.05) is 5.32 Å². The maximum absolute atomic E-state index is 13.3. The molecule has 3 N–H and O–H groups in total. The summed E-state index contributed by atoms with van der Waals surface area (Å²) >= 11 is 0. The SMILES string of the molecule is CCCCC(NC(=O)Nc1ccc(F)cc1F)C(=O)O. The topological polar surface area (TPSA) is 78.4 Å². The standard InChI is InChI=1S/C13H16F2N2O3/c1-2-3-4-11(12(18)19)17-13(20)16-10-6-5-8(14)7-9(10)15/h5-7,11H,2-4H2,1H3,(H,18,19)(H2,16,17,20). The van der Waals surface area contributed by atoms with Crippen molar-refractivity contribution in [3.05, 3.63) is 29.8 Å². The van der Waals surface area contributed by atoms with E-state index < -0.39 is 29.7 Å². The molecule has 0 aromatic heterocycles. The van der Waals surface area contributed by atoms with E-state index in [0.717, 1.165) is 18.6 Å². The maximum Gasteiger partial charge on any atom is 0.326 e. The van der Waals surface area contributed by atoms with Crippen LogP contribution in [0.2, 0.25) is 0 Å². The molecule has 0 aliphatic carbocycles. The van der Waals surface area contributed by atoms with Crippen molar-refractivity contribution in [2.45, 2.75) is 32.2 Å². The summed E-state index contributed by atoms with van der Waals surface area (Å²) in [7, 11) is 0.